The predicted octanol–water partition coefficient (Wildman–Crippen LogP) is 2.88. The number of nitrogens with zero attached hydrogens (tertiary/aromatic N) is 1. The van der Waals surface area contributed by atoms with Gasteiger partial charge in [0.2, 0.25) is 0 Å². The zero-order valence-corrected chi connectivity index (χ0v) is 12.9. The number of nitrogens with one attached hydrogen (secondary N) is 2. The Morgan fingerprint density at radius 3 is 2.62 bits per heavy atom. The molecule has 2 rings (SSSR count). The SMILES string of the molecule is CCCc1ccccc1NS(=O)(=O)c1cnccc1NC. The molecule has 21 heavy (non-hydrogen) atoms. The van der Waals surface area contributed by atoms with Crippen LogP contribution in [0.2, 0.25) is 0 Å². The Bertz CT molecular complexity index is 714. The summed E-state index contributed by atoms with van der Waals surface area (Å²) in [4.78, 5) is 4.04. The molecular formula is C15H19N3O2S. The van der Waals surface area contributed by atoms with Crippen LogP contribution in [-0.2, 0) is 16.4 Å². The maximum Gasteiger partial charge on any atom is 0.265 e. The molecule has 0 aliphatic heterocycles. The first-order valence-electron chi connectivity index (χ1n) is 6.81. The fraction of sp³-hybridized carbons (Fsp3) is 0.267. The average molecular weight is 305 g/mol. The summed E-state index contributed by atoms with van der Waals surface area (Å²) in [6.45, 7) is 2.06. The number of aryl methyl sites for hydroxylation is 1. The molecule has 0 unspecified atom stereocenters. The highest BCUT2D eigenvalue weighted by Gasteiger charge is 2.19. The Balaban J connectivity index is 2.38. The van der Waals surface area contributed by atoms with E-state index in [9.17, 15) is 8.42 Å². The quantitative estimate of drug-likeness (QED) is 0.861. The van der Waals surface area contributed by atoms with E-state index in [0.717, 1.165) is 18.4 Å². The number of para-hydroxylation sites is 1. The minimum Gasteiger partial charge on any atom is -0.387 e. The lowest BCUT2D eigenvalue weighted by atomic mass is 10.1. The third-order valence-electron chi connectivity index (χ3n) is 3.12. The molecule has 0 fully saturated rings. The van der Waals surface area contributed by atoms with Gasteiger partial charge in [-0.25, -0.2) is 8.42 Å². The molecule has 1 aromatic carbocycles. The maximum atomic E-state index is 12.5. The van der Waals surface area contributed by atoms with E-state index >= 15 is 0 Å². The molecule has 0 radical (unpaired) electrons. The van der Waals surface area contributed by atoms with Gasteiger partial charge < -0.3 is 5.32 Å². The van der Waals surface area contributed by atoms with Crippen LogP contribution in [0.3, 0.4) is 0 Å². The second kappa shape index (κ2) is 6.58. The van der Waals surface area contributed by atoms with Crippen LogP contribution in [0.25, 0.3) is 0 Å². The fourth-order valence-corrected chi connectivity index (χ4v) is 3.37. The van der Waals surface area contributed by atoms with Crippen molar-refractivity contribution in [1.29, 1.82) is 0 Å². The monoisotopic (exact) mass is 305 g/mol. The molecule has 0 atom stereocenters. The van der Waals surface area contributed by atoms with Gasteiger partial charge in [0.1, 0.15) is 4.90 Å². The Morgan fingerprint density at radius 2 is 1.90 bits per heavy atom. The van der Waals surface area contributed by atoms with Crippen molar-refractivity contribution < 1.29 is 8.42 Å². The van der Waals surface area contributed by atoms with Crippen molar-refractivity contribution in [3.63, 3.8) is 0 Å². The van der Waals surface area contributed by atoms with Gasteiger partial charge >= 0.3 is 0 Å². The van der Waals surface area contributed by atoms with Crippen molar-refractivity contribution in [2.24, 2.45) is 0 Å². The van der Waals surface area contributed by atoms with Gasteiger partial charge in [-0.15, -0.1) is 0 Å². The lowest BCUT2D eigenvalue weighted by molar-refractivity contribution is 0.601. The minimum absolute atomic E-state index is 0.138. The number of hydrogen-bond donors (Lipinski definition) is 2. The van der Waals surface area contributed by atoms with Crippen molar-refractivity contribution in [3.05, 3.63) is 48.3 Å². The third kappa shape index (κ3) is 3.52. The van der Waals surface area contributed by atoms with Crippen molar-refractivity contribution in [1.82, 2.24) is 4.98 Å². The summed E-state index contributed by atoms with van der Waals surface area (Å²) in [6, 6.07) is 9.07. The topological polar surface area (TPSA) is 71.1 Å². The smallest absolute Gasteiger partial charge is 0.265 e. The predicted molar refractivity (Wildman–Crippen MR) is 85.0 cm³/mol. The average Bonchev–Trinajstić information content (AvgIpc) is 2.49. The summed E-state index contributed by atoms with van der Waals surface area (Å²) in [7, 11) is -1.99. The number of anilines is 2. The number of pyridine rings is 1. The molecule has 0 amide bonds. The van der Waals surface area contributed by atoms with Gasteiger partial charge in [-0.2, -0.15) is 0 Å². The third-order valence-corrected chi connectivity index (χ3v) is 4.52. The van der Waals surface area contributed by atoms with Gasteiger partial charge in [0.05, 0.1) is 11.4 Å². The minimum atomic E-state index is -3.67. The lowest BCUT2D eigenvalue weighted by Gasteiger charge is -2.14. The second-order valence-corrected chi connectivity index (χ2v) is 6.29. The normalized spacial score (nSPS) is 11.1. The number of sulfonamides is 1. The van der Waals surface area contributed by atoms with Crippen LogP contribution in [0.4, 0.5) is 11.4 Å². The maximum absolute atomic E-state index is 12.5. The first-order valence-corrected chi connectivity index (χ1v) is 8.29. The largest absolute Gasteiger partial charge is 0.387 e. The van der Waals surface area contributed by atoms with E-state index in [1.807, 2.05) is 18.2 Å². The molecule has 0 saturated heterocycles. The molecule has 112 valence electrons. The molecule has 2 aromatic rings. The molecule has 0 aliphatic carbocycles. The highest BCUT2D eigenvalue weighted by Crippen LogP contribution is 2.24. The van der Waals surface area contributed by atoms with E-state index in [1.54, 1.807) is 25.4 Å². The van der Waals surface area contributed by atoms with Gasteiger partial charge in [0, 0.05) is 19.4 Å². The van der Waals surface area contributed by atoms with Crippen molar-refractivity contribution in [3.8, 4) is 0 Å². The molecule has 0 aliphatic rings. The fourth-order valence-electron chi connectivity index (χ4n) is 2.11. The Hall–Kier alpha value is -2.08. The van der Waals surface area contributed by atoms with Gasteiger partial charge in [-0.05, 0) is 24.1 Å². The number of hydrogen-bond acceptors (Lipinski definition) is 4. The van der Waals surface area contributed by atoms with E-state index in [0.29, 0.717) is 11.4 Å². The Labute approximate surface area is 125 Å². The Morgan fingerprint density at radius 1 is 1.14 bits per heavy atom. The zero-order chi connectivity index (χ0) is 15.3. The van der Waals surface area contributed by atoms with Gasteiger partial charge in [-0.3, -0.25) is 9.71 Å². The summed E-state index contributed by atoms with van der Waals surface area (Å²) in [6.07, 6.45) is 4.67. The van der Waals surface area contributed by atoms with Gasteiger partial charge in [0.15, 0.2) is 0 Å². The van der Waals surface area contributed by atoms with Crippen LogP contribution >= 0.6 is 0 Å². The summed E-state index contributed by atoms with van der Waals surface area (Å²) in [5.74, 6) is 0. The van der Waals surface area contributed by atoms with Crippen LogP contribution in [-0.4, -0.2) is 20.4 Å². The molecule has 5 nitrogen and oxygen atoms in total. The molecule has 0 saturated carbocycles. The highest BCUT2D eigenvalue weighted by atomic mass is 32.2. The van der Waals surface area contributed by atoms with Gasteiger partial charge in [0.25, 0.3) is 10.0 Å². The van der Waals surface area contributed by atoms with Crippen LogP contribution in [0.15, 0.2) is 47.6 Å². The van der Waals surface area contributed by atoms with Crippen molar-refractivity contribution >= 4 is 21.4 Å². The van der Waals surface area contributed by atoms with Crippen LogP contribution in [0, 0.1) is 0 Å². The zero-order valence-electron chi connectivity index (χ0n) is 12.1. The first kappa shape index (κ1) is 15.3. The van der Waals surface area contributed by atoms with Gasteiger partial charge in [-0.1, -0.05) is 31.5 Å². The van der Waals surface area contributed by atoms with Crippen molar-refractivity contribution in [2.75, 3.05) is 17.1 Å². The standard InChI is InChI=1S/C15H19N3O2S/c1-3-6-12-7-4-5-8-13(12)18-21(19,20)15-11-17-10-9-14(15)16-2/h4-5,7-11,18H,3,6H2,1-2H3,(H,16,17). The highest BCUT2D eigenvalue weighted by molar-refractivity contribution is 7.92. The number of benzene rings is 1. The van der Waals surface area contributed by atoms with Crippen LogP contribution in [0.5, 0.6) is 0 Å². The molecule has 1 heterocycles. The summed E-state index contributed by atoms with van der Waals surface area (Å²) in [5, 5.41) is 2.87. The first-order chi connectivity index (χ1) is 10.1. The molecule has 2 N–H and O–H groups in total. The van der Waals surface area contributed by atoms with E-state index in [1.165, 1.54) is 6.20 Å². The van der Waals surface area contributed by atoms with Crippen LogP contribution < -0.4 is 10.0 Å². The van der Waals surface area contributed by atoms with E-state index in [2.05, 4.69) is 21.9 Å². The molecule has 6 heteroatoms. The summed E-state index contributed by atoms with van der Waals surface area (Å²) in [5.41, 5.74) is 2.12. The van der Waals surface area contributed by atoms with Crippen LogP contribution in [0.1, 0.15) is 18.9 Å². The number of aromatic nitrogens is 1. The number of rotatable bonds is 6. The molecule has 0 bridgehead atoms. The summed E-state index contributed by atoms with van der Waals surface area (Å²) < 4.78 is 27.7. The van der Waals surface area contributed by atoms with E-state index < -0.39 is 10.0 Å². The second-order valence-electron chi connectivity index (χ2n) is 4.63. The Kier molecular flexibility index (Phi) is 4.80. The molecular weight excluding hydrogens is 286 g/mol. The lowest BCUT2D eigenvalue weighted by Crippen LogP contribution is -2.16. The van der Waals surface area contributed by atoms with Crippen molar-refractivity contribution in [2.45, 2.75) is 24.7 Å². The van der Waals surface area contributed by atoms with E-state index in [-0.39, 0.29) is 4.90 Å². The van der Waals surface area contributed by atoms with E-state index in [4.69, 9.17) is 0 Å². The molecule has 1 aromatic heterocycles. The summed E-state index contributed by atoms with van der Waals surface area (Å²) >= 11 is 0. The molecule has 0 spiro atoms.